The highest BCUT2D eigenvalue weighted by molar-refractivity contribution is 7.09. The Balaban J connectivity index is 1.61. The molecule has 2 aromatic rings. The minimum absolute atomic E-state index is 0.175. The van der Waals surface area contributed by atoms with E-state index in [1.54, 1.807) is 11.3 Å². The normalized spacial score (nSPS) is 22.9. The molecule has 2 unspecified atom stereocenters. The fourth-order valence-electron chi connectivity index (χ4n) is 3.64. The molecule has 1 aliphatic heterocycles. The smallest absolute Gasteiger partial charge is 0.410 e. The number of rotatable bonds is 3. The summed E-state index contributed by atoms with van der Waals surface area (Å²) < 4.78 is 5.61. The second kappa shape index (κ2) is 7.10. The van der Waals surface area contributed by atoms with Crippen LogP contribution in [0.4, 0.5) is 4.79 Å². The predicted octanol–water partition coefficient (Wildman–Crippen LogP) is 5.79. The quantitative estimate of drug-likeness (QED) is 0.649. The number of benzene rings is 1. The van der Waals surface area contributed by atoms with Gasteiger partial charge in [-0.05, 0) is 51.3 Å². The van der Waals surface area contributed by atoms with E-state index in [-0.39, 0.29) is 17.9 Å². The number of carbonyl (C=O) groups is 1. The Morgan fingerprint density at radius 2 is 2.00 bits per heavy atom. The van der Waals surface area contributed by atoms with Gasteiger partial charge in [0.1, 0.15) is 5.60 Å². The molecule has 1 saturated heterocycles. The Morgan fingerprint density at radius 3 is 2.67 bits per heavy atom. The second-order valence-electron chi connectivity index (χ2n) is 8.54. The summed E-state index contributed by atoms with van der Waals surface area (Å²) in [7, 11) is 0. The van der Waals surface area contributed by atoms with Crippen LogP contribution in [0, 0.1) is 0 Å². The van der Waals surface area contributed by atoms with Crippen LogP contribution in [0.1, 0.15) is 67.6 Å². The highest BCUT2D eigenvalue weighted by atomic mass is 35.5. The number of hydrogen-bond donors (Lipinski definition) is 0. The maximum Gasteiger partial charge on any atom is 0.410 e. The number of hydrogen-bond acceptors (Lipinski definition) is 4. The number of thiazole rings is 1. The average molecular weight is 405 g/mol. The molecule has 1 aromatic heterocycles. The van der Waals surface area contributed by atoms with Gasteiger partial charge in [-0.2, -0.15) is 0 Å². The molecule has 0 N–H and O–H groups in total. The highest BCUT2D eigenvalue weighted by Crippen LogP contribution is 2.45. The number of nitrogens with zero attached hydrogens (tertiary/aromatic N) is 2. The zero-order valence-corrected chi connectivity index (χ0v) is 17.5. The number of aromatic nitrogens is 1. The van der Waals surface area contributed by atoms with E-state index in [2.05, 4.69) is 11.4 Å². The van der Waals surface area contributed by atoms with Crippen molar-refractivity contribution in [3.05, 3.63) is 50.9 Å². The van der Waals surface area contributed by atoms with Crippen LogP contribution in [0.15, 0.2) is 29.6 Å². The van der Waals surface area contributed by atoms with E-state index >= 15 is 0 Å². The summed E-state index contributed by atoms with van der Waals surface area (Å²) >= 11 is 7.96. The van der Waals surface area contributed by atoms with Crippen LogP contribution in [0.5, 0.6) is 0 Å². The minimum atomic E-state index is -0.499. The van der Waals surface area contributed by atoms with Gasteiger partial charge in [0.05, 0.1) is 10.7 Å². The Labute approximate surface area is 169 Å². The lowest BCUT2D eigenvalue weighted by Crippen LogP contribution is -2.35. The maximum absolute atomic E-state index is 12.7. The van der Waals surface area contributed by atoms with Gasteiger partial charge in [-0.3, -0.25) is 0 Å². The van der Waals surface area contributed by atoms with Gasteiger partial charge in [-0.15, -0.1) is 11.3 Å². The van der Waals surface area contributed by atoms with Gasteiger partial charge in [0.15, 0.2) is 0 Å². The summed E-state index contributed by atoms with van der Waals surface area (Å²) in [6, 6.07) is 7.96. The summed E-state index contributed by atoms with van der Waals surface area (Å²) in [5.41, 5.74) is 1.87. The molecule has 1 saturated carbocycles. The summed E-state index contributed by atoms with van der Waals surface area (Å²) in [5.74, 6) is 0.992. The third-order valence-corrected chi connectivity index (χ3v) is 6.33. The van der Waals surface area contributed by atoms with E-state index in [4.69, 9.17) is 21.3 Å². The molecule has 6 heteroatoms. The molecule has 0 bridgehead atoms. The first-order valence-electron chi connectivity index (χ1n) is 9.49. The van der Waals surface area contributed by atoms with Gasteiger partial charge in [-0.25, -0.2) is 9.78 Å². The number of amides is 1. The molecular weight excluding hydrogens is 380 g/mol. The van der Waals surface area contributed by atoms with E-state index in [9.17, 15) is 4.79 Å². The SMILES string of the molecule is CC(C)(C)OC(=O)N1CC(c2cccc(Cl)c2)C(c2nc(C3CC3)cs2)C1. The van der Waals surface area contributed by atoms with E-state index in [1.165, 1.54) is 18.5 Å². The summed E-state index contributed by atoms with van der Waals surface area (Å²) in [5, 5.41) is 4.03. The lowest BCUT2D eigenvalue weighted by atomic mass is 9.89. The van der Waals surface area contributed by atoms with Crippen molar-refractivity contribution in [2.45, 2.75) is 57.0 Å². The van der Waals surface area contributed by atoms with Gasteiger partial charge in [-0.1, -0.05) is 23.7 Å². The van der Waals surface area contributed by atoms with Crippen LogP contribution >= 0.6 is 22.9 Å². The number of likely N-dealkylation sites (tertiary alicyclic amines) is 1. The van der Waals surface area contributed by atoms with Gasteiger partial charge in [0, 0.05) is 41.2 Å². The van der Waals surface area contributed by atoms with Crippen molar-refractivity contribution in [3.8, 4) is 0 Å². The molecule has 0 radical (unpaired) electrons. The van der Waals surface area contributed by atoms with Gasteiger partial charge in [0.2, 0.25) is 0 Å². The molecule has 2 atom stereocenters. The first-order chi connectivity index (χ1) is 12.8. The minimum Gasteiger partial charge on any atom is -0.444 e. The Hall–Kier alpha value is -1.59. The molecule has 2 aliphatic rings. The number of ether oxygens (including phenoxy) is 1. The highest BCUT2D eigenvalue weighted by Gasteiger charge is 2.40. The molecule has 2 heterocycles. The zero-order valence-electron chi connectivity index (χ0n) is 15.9. The largest absolute Gasteiger partial charge is 0.444 e. The molecule has 1 aromatic carbocycles. The van der Waals surface area contributed by atoms with Crippen molar-refractivity contribution in [2.24, 2.45) is 0 Å². The third kappa shape index (κ3) is 4.30. The monoisotopic (exact) mass is 404 g/mol. The summed E-state index contributed by atoms with van der Waals surface area (Å²) in [4.78, 5) is 19.4. The molecule has 1 aliphatic carbocycles. The molecule has 144 valence electrons. The van der Waals surface area contributed by atoms with Crippen LogP contribution in [0.25, 0.3) is 0 Å². The van der Waals surface area contributed by atoms with Crippen molar-refractivity contribution in [1.29, 1.82) is 0 Å². The van der Waals surface area contributed by atoms with E-state index in [1.807, 2.05) is 43.9 Å². The summed E-state index contributed by atoms with van der Waals surface area (Å²) in [6.07, 6.45) is 2.24. The Bertz CT molecular complexity index is 841. The van der Waals surface area contributed by atoms with Crippen molar-refractivity contribution in [3.63, 3.8) is 0 Å². The Morgan fingerprint density at radius 1 is 1.26 bits per heavy atom. The lowest BCUT2D eigenvalue weighted by molar-refractivity contribution is 0.0290. The average Bonchev–Trinajstić information content (AvgIpc) is 3.16. The van der Waals surface area contributed by atoms with Crippen LogP contribution in [0.2, 0.25) is 5.02 Å². The molecule has 0 spiro atoms. The van der Waals surface area contributed by atoms with E-state index in [0.29, 0.717) is 19.0 Å². The topological polar surface area (TPSA) is 42.4 Å². The van der Waals surface area contributed by atoms with E-state index < -0.39 is 5.60 Å². The first-order valence-corrected chi connectivity index (χ1v) is 10.7. The van der Waals surface area contributed by atoms with Gasteiger partial charge >= 0.3 is 6.09 Å². The predicted molar refractivity (Wildman–Crippen MR) is 109 cm³/mol. The number of halogens is 1. The zero-order chi connectivity index (χ0) is 19.2. The lowest BCUT2D eigenvalue weighted by Gasteiger charge is -2.24. The summed E-state index contributed by atoms with van der Waals surface area (Å²) in [6.45, 7) is 6.95. The van der Waals surface area contributed by atoms with Gasteiger partial charge in [0.25, 0.3) is 0 Å². The maximum atomic E-state index is 12.7. The van der Waals surface area contributed by atoms with Crippen molar-refractivity contribution in [1.82, 2.24) is 9.88 Å². The second-order valence-corrected chi connectivity index (χ2v) is 9.86. The molecule has 1 amide bonds. The first kappa shape index (κ1) is 18.8. The molecule has 2 fully saturated rings. The Kier molecular flexibility index (Phi) is 4.93. The molecular formula is C21H25ClN2O2S. The third-order valence-electron chi connectivity index (χ3n) is 5.10. The van der Waals surface area contributed by atoms with Crippen LogP contribution in [0.3, 0.4) is 0 Å². The van der Waals surface area contributed by atoms with Crippen molar-refractivity contribution in [2.75, 3.05) is 13.1 Å². The standard InChI is InChI=1S/C21H25ClN2O2S/c1-21(2,3)26-20(25)24-10-16(14-5-4-6-15(22)9-14)17(11-24)19-23-18(12-27-19)13-7-8-13/h4-6,9,12-13,16-17H,7-8,10-11H2,1-3H3. The van der Waals surface area contributed by atoms with Gasteiger partial charge < -0.3 is 9.64 Å². The molecule has 4 nitrogen and oxygen atoms in total. The van der Waals surface area contributed by atoms with Crippen LogP contribution < -0.4 is 0 Å². The fourth-order valence-corrected chi connectivity index (χ4v) is 4.90. The number of carbonyl (C=O) groups excluding carboxylic acids is 1. The molecule has 27 heavy (non-hydrogen) atoms. The van der Waals surface area contributed by atoms with Crippen molar-refractivity contribution >= 4 is 29.0 Å². The van der Waals surface area contributed by atoms with Crippen LogP contribution in [-0.2, 0) is 4.74 Å². The fraction of sp³-hybridized carbons (Fsp3) is 0.524. The molecule has 4 rings (SSSR count). The van der Waals surface area contributed by atoms with Crippen molar-refractivity contribution < 1.29 is 9.53 Å². The van der Waals surface area contributed by atoms with E-state index in [0.717, 1.165) is 15.6 Å². The van der Waals surface area contributed by atoms with Crippen LogP contribution in [-0.4, -0.2) is 34.7 Å².